The van der Waals surface area contributed by atoms with E-state index in [4.69, 9.17) is 0 Å². The molecule has 98 valence electrons. The van der Waals surface area contributed by atoms with Crippen molar-refractivity contribution in [2.45, 2.75) is 6.92 Å². The van der Waals surface area contributed by atoms with Gasteiger partial charge in [-0.05, 0) is 35.9 Å². The van der Waals surface area contributed by atoms with Crippen molar-refractivity contribution >= 4 is 22.4 Å². The number of carbonyl (C=O) groups is 1. The Balaban J connectivity index is 1.99. The van der Waals surface area contributed by atoms with Gasteiger partial charge in [-0.2, -0.15) is 0 Å². The Bertz CT molecular complexity index is 775. The molecule has 0 fully saturated rings. The van der Waals surface area contributed by atoms with Crippen molar-refractivity contribution < 1.29 is 4.79 Å². The topological polar surface area (TPSA) is 42.0 Å². The minimum atomic E-state index is -0.113. The van der Waals surface area contributed by atoms with E-state index in [1.807, 2.05) is 61.5 Å². The van der Waals surface area contributed by atoms with Crippen LogP contribution in [0, 0.1) is 6.92 Å². The van der Waals surface area contributed by atoms with Crippen LogP contribution in [0.15, 0.2) is 60.8 Å². The lowest BCUT2D eigenvalue weighted by molar-refractivity contribution is 0.102. The fourth-order valence-corrected chi connectivity index (χ4v) is 2.23. The maximum Gasteiger partial charge on any atom is 0.256 e. The molecule has 20 heavy (non-hydrogen) atoms. The van der Waals surface area contributed by atoms with Crippen molar-refractivity contribution in [2.24, 2.45) is 0 Å². The summed E-state index contributed by atoms with van der Waals surface area (Å²) in [6.07, 6.45) is 1.71. The van der Waals surface area contributed by atoms with Gasteiger partial charge in [0.05, 0.1) is 11.4 Å². The van der Waals surface area contributed by atoms with Crippen LogP contribution in [0.3, 0.4) is 0 Å². The van der Waals surface area contributed by atoms with Crippen LogP contribution < -0.4 is 5.32 Å². The molecule has 0 radical (unpaired) electrons. The van der Waals surface area contributed by atoms with E-state index in [9.17, 15) is 4.79 Å². The normalized spacial score (nSPS) is 10.4. The maximum atomic E-state index is 12.4. The lowest BCUT2D eigenvalue weighted by Gasteiger charge is -2.09. The Labute approximate surface area is 117 Å². The molecule has 2 aromatic carbocycles. The highest BCUT2D eigenvalue weighted by Crippen LogP contribution is 2.20. The number of anilines is 1. The Morgan fingerprint density at radius 2 is 1.80 bits per heavy atom. The summed E-state index contributed by atoms with van der Waals surface area (Å²) in [5.74, 6) is -0.113. The summed E-state index contributed by atoms with van der Waals surface area (Å²) < 4.78 is 0. The minimum Gasteiger partial charge on any atom is -0.320 e. The van der Waals surface area contributed by atoms with Gasteiger partial charge in [0.25, 0.3) is 5.91 Å². The molecule has 1 aromatic heterocycles. The Hall–Kier alpha value is -2.68. The Morgan fingerprint density at radius 1 is 1.00 bits per heavy atom. The smallest absolute Gasteiger partial charge is 0.256 e. The van der Waals surface area contributed by atoms with Crippen LogP contribution in [0.4, 0.5) is 5.69 Å². The summed E-state index contributed by atoms with van der Waals surface area (Å²) in [6.45, 7) is 1.87. The number of rotatable bonds is 2. The molecule has 0 saturated carbocycles. The van der Waals surface area contributed by atoms with E-state index in [1.54, 1.807) is 6.20 Å². The van der Waals surface area contributed by atoms with Crippen LogP contribution in [0.25, 0.3) is 10.8 Å². The van der Waals surface area contributed by atoms with E-state index in [0.717, 1.165) is 22.2 Å². The molecule has 0 aliphatic carbocycles. The van der Waals surface area contributed by atoms with Gasteiger partial charge in [0.2, 0.25) is 0 Å². The number of aryl methyl sites for hydroxylation is 1. The third-order valence-corrected chi connectivity index (χ3v) is 3.29. The highest BCUT2D eigenvalue weighted by molar-refractivity contribution is 6.13. The van der Waals surface area contributed by atoms with Crippen LogP contribution in [0.2, 0.25) is 0 Å². The second-order valence-corrected chi connectivity index (χ2v) is 4.62. The molecule has 3 rings (SSSR count). The van der Waals surface area contributed by atoms with Crippen LogP contribution in [0.1, 0.15) is 16.1 Å². The first-order valence-electron chi connectivity index (χ1n) is 6.46. The van der Waals surface area contributed by atoms with E-state index >= 15 is 0 Å². The number of aromatic nitrogens is 1. The summed E-state index contributed by atoms with van der Waals surface area (Å²) in [4.78, 5) is 16.6. The van der Waals surface area contributed by atoms with Gasteiger partial charge in [-0.25, -0.2) is 0 Å². The highest BCUT2D eigenvalue weighted by Gasteiger charge is 2.10. The van der Waals surface area contributed by atoms with E-state index in [0.29, 0.717) is 5.56 Å². The zero-order valence-electron chi connectivity index (χ0n) is 11.1. The third kappa shape index (κ3) is 2.26. The SMILES string of the molecule is Cc1ncccc1NC(=O)c1cccc2ccccc12. The van der Waals surface area contributed by atoms with Gasteiger partial charge in [0.1, 0.15) is 0 Å². The van der Waals surface area contributed by atoms with Gasteiger partial charge in [-0.15, -0.1) is 0 Å². The molecule has 3 heteroatoms. The van der Waals surface area contributed by atoms with E-state index in [-0.39, 0.29) is 5.91 Å². The second kappa shape index (κ2) is 5.13. The van der Waals surface area contributed by atoms with Crippen LogP contribution >= 0.6 is 0 Å². The third-order valence-electron chi connectivity index (χ3n) is 3.29. The minimum absolute atomic E-state index is 0.113. The zero-order chi connectivity index (χ0) is 13.9. The fourth-order valence-electron chi connectivity index (χ4n) is 2.23. The highest BCUT2D eigenvalue weighted by atomic mass is 16.1. The van der Waals surface area contributed by atoms with Crippen molar-refractivity contribution in [1.82, 2.24) is 4.98 Å². The molecule has 0 atom stereocenters. The number of hydrogen-bond acceptors (Lipinski definition) is 2. The number of hydrogen-bond donors (Lipinski definition) is 1. The summed E-state index contributed by atoms with van der Waals surface area (Å²) in [5.41, 5.74) is 2.22. The summed E-state index contributed by atoms with van der Waals surface area (Å²) in [7, 11) is 0. The molecule has 3 aromatic rings. The second-order valence-electron chi connectivity index (χ2n) is 4.62. The van der Waals surface area contributed by atoms with Gasteiger partial charge in [-0.3, -0.25) is 9.78 Å². The van der Waals surface area contributed by atoms with Gasteiger partial charge in [0, 0.05) is 11.8 Å². The van der Waals surface area contributed by atoms with Gasteiger partial charge in [-0.1, -0.05) is 36.4 Å². The molecule has 0 unspecified atom stereocenters. The van der Waals surface area contributed by atoms with Crippen molar-refractivity contribution in [1.29, 1.82) is 0 Å². The first-order valence-corrected chi connectivity index (χ1v) is 6.46. The van der Waals surface area contributed by atoms with E-state index < -0.39 is 0 Å². The first-order chi connectivity index (χ1) is 9.75. The average molecular weight is 262 g/mol. The van der Waals surface area contributed by atoms with Gasteiger partial charge < -0.3 is 5.32 Å². The van der Waals surface area contributed by atoms with E-state index in [1.165, 1.54) is 0 Å². The molecule has 0 aliphatic rings. The van der Waals surface area contributed by atoms with Crippen LogP contribution in [-0.4, -0.2) is 10.9 Å². The lowest BCUT2D eigenvalue weighted by Crippen LogP contribution is -2.13. The summed E-state index contributed by atoms with van der Waals surface area (Å²) in [5, 5.41) is 4.93. The molecule has 0 spiro atoms. The predicted molar refractivity (Wildman–Crippen MR) is 80.9 cm³/mol. The standard InChI is InChI=1S/C17H14N2O/c1-12-16(10-5-11-18-12)19-17(20)15-9-4-7-13-6-2-3-8-14(13)15/h2-11H,1H3,(H,19,20). The monoisotopic (exact) mass is 262 g/mol. The lowest BCUT2D eigenvalue weighted by atomic mass is 10.0. The number of pyridine rings is 1. The molecule has 0 bridgehead atoms. The van der Waals surface area contributed by atoms with E-state index in [2.05, 4.69) is 10.3 Å². The summed E-state index contributed by atoms with van der Waals surface area (Å²) >= 11 is 0. The van der Waals surface area contributed by atoms with Crippen molar-refractivity contribution in [3.05, 3.63) is 72.1 Å². The number of carbonyl (C=O) groups excluding carboxylic acids is 1. The first kappa shape index (κ1) is 12.4. The summed E-state index contributed by atoms with van der Waals surface area (Å²) in [6, 6.07) is 17.3. The molecule has 1 N–H and O–H groups in total. The van der Waals surface area contributed by atoms with Crippen molar-refractivity contribution in [3.8, 4) is 0 Å². The molecular weight excluding hydrogens is 248 g/mol. The number of amides is 1. The van der Waals surface area contributed by atoms with Crippen LogP contribution in [0.5, 0.6) is 0 Å². The van der Waals surface area contributed by atoms with Crippen LogP contribution in [-0.2, 0) is 0 Å². The molecule has 0 saturated heterocycles. The zero-order valence-corrected chi connectivity index (χ0v) is 11.1. The average Bonchev–Trinajstić information content (AvgIpc) is 2.49. The fraction of sp³-hybridized carbons (Fsp3) is 0.0588. The number of fused-ring (bicyclic) bond motifs is 1. The quantitative estimate of drug-likeness (QED) is 0.763. The Kier molecular flexibility index (Phi) is 3.17. The van der Waals surface area contributed by atoms with Gasteiger partial charge in [0.15, 0.2) is 0 Å². The van der Waals surface area contributed by atoms with Gasteiger partial charge >= 0.3 is 0 Å². The molecule has 0 aliphatic heterocycles. The number of nitrogens with one attached hydrogen (secondary N) is 1. The van der Waals surface area contributed by atoms with Crippen molar-refractivity contribution in [2.75, 3.05) is 5.32 Å². The Morgan fingerprint density at radius 3 is 2.65 bits per heavy atom. The predicted octanol–water partition coefficient (Wildman–Crippen LogP) is 3.80. The van der Waals surface area contributed by atoms with Crippen molar-refractivity contribution in [3.63, 3.8) is 0 Å². The number of nitrogens with zero attached hydrogens (tertiary/aromatic N) is 1. The molecule has 1 heterocycles. The molecular formula is C17H14N2O. The maximum absolute atomic E-state index is 12.4. The molecule has 3 nitrogen and oxygen atoms in total. The number of benzene rings is 2. The molecule has 1 amide bonds. The largest absolute Gasteiger partial charge is 0.320 e.